The normalized spacial score (nSPS) is 20.9. The Morgan fingerprint density at radius 3 is 2.68 bits per heavy atom. The molecule has 22 heavy (non-hydrogen) atoms. The van der Waals surface area contributed by atoms with E-state index in [0.29, 0.717) is 12.5 Å². The third kappa shape index (κ3) is 3.89. The lowest BCUT2D eigenvalue weighted by Gasteiger charge is -2.12. The van der Waals surface area contributed by atoms with Gasteiger partial charge in [-0.1, -0.05) is 0 Å². The van der Waals surface area contributed by atoms with Crippen LogP contribution in [0, 0.1) is 17.7 Å². The minimum absolute atomic E-state index is 0.177. The lowest BCUT2D eigenvalue weighted by molar-refractivity contribution is -0.138. The van der Waals surface area contributed by atoms with Crippen molar-refractivity contribution in [1.29, 1.82) is 0 Å². The first kappa shape index (κ1) is 16.6. The van der Waals surface area contributed by atoms with E-state index in [0.717, 1.165) is 12.1 Å². The average Bonchev–Trinajstić information content (AvgIpc) is 3.18. The highest BCUT2D eigenvalue weighted by atomic mass is 32.2. The van der Waals surface area contributed by atoms with Crippen LogP contribution in [-0.4, -0.2) is 32.6 Å². The van der Waals surface area contributed by atoms with Crippen molar-refractivity contribution in [2.24, 2.45) is 11.8 Å². The van der Waals surface area contributed by atoms with Gasteiger partial charge in [0, 0.05) is 6.54 Å². The zero-order valence-electron chi connectivity index (χ0n) is 11.0. The molecule has 1 aromatic rings. The molecule has 0 heterocycles. The molecular formula is C12H12F3NO5S. The minimum atomic E-state index is -4.30. The smallest absolute Gasteiger partial charge is 0.387 e. The molecule has 1 fully saturated rings. The van der Waals surface area contributed by atoms with Crippen LogP contribution >= 0.6 is 0 Å². The Labute approximate surface area is 123 Å². The SMILES string of the molecule is O=C(O)[C@@H]1C[C@@H]1CNS(=O)(=O)c1cc(F)ccc1OC(F)F. The summed E-state index contributed by atoms with van der Waals surface area (Å²) in [5.74, 6) is -3.66. The maximum absolute atomic E-state index is 13.2. The Morgan fingerprint density at radius 1 is 1.45 bits per heavy atom. The van der Waals surface area contributed by atoms with Crippen LogP contribution in [0.5, 0.6) is 5.75 Å². The van der Waals surface area contributed by atoms with Crippen LogP contribution in [0.25, 0.3) is 0 Å². The molecular weight excluding hydrogens is 327 g/mol. The molecule has 0 unspecified atom stereocenters. The maximum Gasteiger partial charge on any atom is 0.387 e. The van der Waals surface area contributed by atoms with Crippen LogP contribution < -0.4 is 9.46 Å². The molecule has 1 aliphatic rings. The number of carbonyl (C=O) groups is 1. The number of ether oxygens (including phenoxy) is 1. The fraction of sp³-hybridized carbons (Fsp3) is 0.417. The highest BCUT2D eigenvalue weighted by Crippen LogP contribution is 2.38. The monoisotopic (exact) mass is 339 g/mol. The lowest BCUT2D eigenvalue weighted by atomic mass is 10.3. The van der Waals surface area contributed by atoms with Crippen molar-refractivity contribution >= 4 is 16.0 Å². The number of hydrogen-bond donors (Lipinski definition) is 2. The number of halogens is 3. The molecule has 10 heteroatoms. The van der Waals surface area contributed by atoms with Gasteiger partial charge in [0.25, 0.3) is 0 Å². The van der Waals surface area contributed by atoms with Crippen LogP contribution in [0.1, 0.15) is 6.42 Å². The Hall–Kier alpha value is -1.81. The van der Waals surface area contributed by atoms with Crippen LogP contribution in [0.15, 0.2) is 23.1 Å². The van der Waals surface area contributed by atoms with E-state index >= 15 is 0 Å². The maximum atomic E-state index is 13.2. The molecule has 1 saturated carbocycles. The van der Waals surface area contributed by atoms with Crippen LogP contribution in [0.4, 0.5) is 13.2 Å². The van der Waals surface area contributed by atoms with Gasteiger partial charge in [-0.05, 0) is 30.5 Å². The molecule has 6 nitrogen and oxygen atoms in total. The molecule has 0 radical (unpaired) electrons. The number of rotatable bonds is 7. The number of benzene rings is 1. The number of hydrogen-bond acceptors (Lipinski definition) is 4. The second kappa shape index (κ2) is 6.13. The van der Waals surface area contributed by atoms with E-state index in [1.807, 2.05) is 0 Å². The summed E-state index contributed by atoms with van der Waals surface area (Å²) >= 11 is 0. The van der Waals surface area contributed by atoms with Gasteiger partial charge in [-0.3, -0.25) is 4.79 Å². The fourth-order valence-corrected chi connectivity index (χ4v) is 3.19. The average molecular weight is 339 g/mol. The van der Waals surface area contributed by atoms with E-state index in [1.165, 1.54) is 0 Å². The second-order valence-corrected chi connectivity index (χ2v) is 6.50. The van der Waals surface area contributed by atoms with Gasteiger partial charge < -0.3 is 9.84 Å². The van der Waals surface area contributed by atoms with E-state index in [2.05, 4.69) is 9.46 Å². The van der Waals surface area contributed by atoms with Crippen molar-refractivity contribution in [2.45, 2.75) is 17.9 Å². The third-order valence-corrected chi connectivity index (χ3v) is 4.63. The third-order valence-electron chi connectivity index (χ3n) is 3.19. The first-order chi connectivity index (χ1) is 10.2. The van der Waals surface area contributed by atoms with Gasteiger partial charge in [-0.2, -0.15) is 8.78 Å². The highest BCUT2D eigenvalue weighted by Gasteiger charge is 2.43. The zero-order valence-corrected chi connectivity index (χ0v) is 11.8. The van der Waals surface area contributed by atoms with Crippen LogP contribution in [0.2, 0.25) is 0 Å². The summed E-state index contributed by atoms with van der Waals surface area (Å²) in [6.45, 7) is -3.44. The molecule has 0 bridgehead atoms. The Balaban J connectivity index is 2.14. The fourth-order valence-electron chi connectivity index (χ4n) is 1.96. The predicted octanol–water partition coefficient (Wildman–Crippen LogP) is 1.43. The lowest BCUT2D eigenvalue weighted by Crippen LogP contribution is -2.27. The van der Waals surface area contributed by atoms with Crippen molar-refractivity contribution in [1.82, 2.24) is 4.72 Å². The molecule has 122 valence electrons. The zero-order chi connectivity index (χ0) is 16.5. The molecule has 0 spiro atoms. The second-order valence-electron chi connectivity index (χ2n) is 4.76. The van der Waals surface area contributed by atoms with Gasteiger partial charge in [0.05, 0.1) is 5.92 Å². The number of sulfonamides is 1. The van der Waals surface area contributed by atoms with E-state index in [4.69, 9.17) is 5.11 Å². The molecule has 2 rings (SSSR count). The summed E-state index contributed by atoms with van der Waals surface area (Å²) in [6, 6.07) is 2.13. The number of nitrogens with one attached hydrogen (secondary N) is 1. The van der Waals surface area contributed by atoms with Gasteiger partial charge in [0.15, 0.2) is 0 Å². The van der Waals surface area contributed by atoms with Gasteiger partial charge in [-0.15, -0.1) is 0 Å². The van der Waals surface area contributed by atoms with E-state index in [1.54, 1.807) is 0 Å². The first-order valence-electron chi connectivity index (χ1n) is 6.17. The van der Waals surface area contributed by atoms with Crippen molar-refractivity contribution in [3.63, 3.8) is 0 Å². The summed E-state index contributed by atoms with van der Waals surface area (Å²) in [7, 11) is -4.30. The number of aliphatic carboxylic acids is 1. The van der Waals surface area contributed by atoms with E-state index in [9.17, 15) is 26.4 Å². The minimum Gasteiger partial charge on any atom is -0.481 e. The quantitative estimate of drug-likeness (QED) is 0.784. The van der Waals surface area contributed by atoms with Crippen molar-refractivity contribution in [3.8, 4) is 5.75 Å². The Bertz CT molecular complexity index is 679. The molecule has 0 amide bonds. The molecule has 1 aliphatic carbocycles. The molecule has 2 N–H and O–H groups in total. The molecule has 2 atom stereocenters. The van der Waals surface area contributed by atoms with E-state index < -0.39 is 45.0 Å². The van der Waals surface area contributed by atoms with E-state index in [-0.39, 0.29) is 12.5 Å². The summed E-state index contributed by atoms with van der Waals surface area (Å²) in [5, 5.41) is 8.72. The summed E-state index contributed by atoms with van der Waals surface area (Å²) in [5.41, 5.74) is 0. The summed E-state index contributed by atoms with van der Waals surface area (Å²) < 4.78 is 67.9. The molecule has 0 aliphatic heterocycles. The van der Waals surface area contributed by atoms with Crippen molar-refractivity contribution in [3.05, 3.63) is 24.0 Å². The molecule has 0 saturated heterocycles. The number of carboxylic acids is 1. The van der Waals surface area contributed by atoms with Crippen molar-refractivity contribution in [2.75, 3.05) is 6.54 Å². The summed E-state index contributed by atoms with van der Waals surface area (Å²) in [4.78, 5) is 9.89. The Morgan fingerprint density at radius 2 is 2.14 bits per heavy atom. The standard InChI is InChI=1S/C12H12F3NO5S/c13-7-1-2-9(21-12(14)15)10(4-7)22(19,20)16-5-6-3-8(6)11(17)18/h1-2,4,6,8,12,16H,3,5H2,(H,17,18)/t6-,8-/m1/s1. The van der Waals surface area contributed by atoms with Gasteiger partial charge in [0.1, 0.15) is 16.5 Å². The van der Waals surface area contributed by atoms with Crippen molar-refractivity contribution < 1.29 is 36.2 Å². The molecule has 1 aromatic carbocycles. The van der Waals surface area contributed by atoms with Gasteiger partial charge >= 0.3 is 12.6 Å². The number of carboxylic acid groups (broad SMARTS) is 1. The highest BCUT2D eigenvalue weighted by molar-refractivity contribution is 7.89. The van der Waals surface area contributed by atoms with Crippen LogP contribution in [0.3, 0.4) is 0 Å². The van der Waals surface area contributed by atoms with Crippen LogP contribution in [-0.2, 0) is 14.8 Å². The number of alkyl halides is 2. The van der Waals surface area contributed by atoms with Gasteiger partial charge in [-0.25, -0.2) is 17.5 Å². The topological polar surface area (TPSA) is 92.7 Å². The predicted molar refractivity (Wildman–Crippen MR) is 67.5 cm³/mol. The largest absolute Gasteiger partial charge is 0.481 e. The summed E-state index contributed by atoms with van der Waals surface area (Å²) in [6.07, 6.45) is 0.321. The molecule has 0 aromatic heterocycles. The first-order valence-corrected chi connectivity index (χ1v) is 7.66. The Kier molecular flexibility index (Phi) is 4.61. The van der Waals surface area contributed by atoms with Gasteiger partial charge in [0.2, 0.25) is 10.0 Å².